The van der Waals surface area contributed by atoms with Crippen molar-refractivity contribution in [2.45, 2.75) is 12.8 Å². The summed E-state index contributed by atoms with van der Waals surface area (Å²) in [5, 5.41) is 2.07. The lowest BCUT2D eigenvalue weighted by Gasteiger charge is -2.04. The van der Waals surface area contributed by atoms with Crippen LogP contribution in [0.1, 0.15) is 20.8 Å². The number of benzene rings is 1. The summed E-state index contributed by atoms with van der Waals surface area (Å²) < 4.78 is 0. The number of ketones is 1. The molecule has 0 amide bonds. The highest BCUT2D eigenvalue weighted by atomic mass is 32.1. The summed E-state index contributed by atoms with van der Waals surface area (Å²) in [6.07, 6.45) is 1.80. The fourth-order valence-corrected chi connectivity index (χ4v) is 3.14. The maximum Gasteiger partial charge on any atom is 0.166 e. The quantitative estimate of drug-likeness (QED) is 0.770. The first-order valence-corrected chi connectivity index (χ1v) is 6.37. The van der Waals surface area contributed by atoms with E-state index in [9.17, 15) is 4.79 Å². The molecule has 0 bridgehead atoms. The van der Waals surface area contributed by atoms with Gasteiger partial charge in [0.05, 0.1) is 0 Å². The molecule has 0 saturated carbocycles. The van der Waals surface area contributed by atoms with Gasteiger partial charge in [-0.1, -0.05) is 30.3 Å². The van der Waals surface area contributed by atoms with Crippen LogP contribution >= 0.6 is 11.3 Å². The minimum Gasteiger partial charge on any atom is -0.294 e. The number of rotatable bonds is 2. The third kappa shape index (κ3) is 1.59. The van der Waals surface area contributed by atoms with Crippen LogP contribution in [0.2, 0.25) is 0 Å². The van der Waals surface area contributed by atoms with E-state index in [1.165, 1.54) is 10.4 Å². The zero-order valence-corrected chi connectivity index (χ0v) is 9.67. The molecule has 0 fully saturated rings. The molecule has 1 heterocycles. The number of carbonyl (C=O) groups excluding carboxylic acids is 1. The van der Waals surface area contributed by atoms with Crippen molar-refractivity contribution in [1.29, 1.82) is 0 Å². The smallest absolute Gasteiger partial charge is 0.166 e. The van der Waals surface area contributed by atoms with Gasteiger partial charge >= 0.3 is 0 Å². The third-order valence-electron chi connectivity index (χ3n) is 3.15. The minimum atomic E-state index is 0.163. The SMILES string of the molecule is O=C1c2ccccc2CC1Cc1cccs1. The molecule has 1 unspecified atom stereocenters. The second-order valence-corrected chi connectivity index (χ2v) is 5.24. The first-order valence-electron chi connectivity index (χ1n) is 5.49. The monoisotopic (exact) mass is 228 g/mol. The molecule has 80 valence electrons. The molecular weight excluding hydrogens is 216 g/mol. The van der Waals surface area contributed by atoms with Gasteiger partial charge in [-0.25, -0.2) is 0 Å². The highest BCUT2D eigenvalue weighted by Crippen LogP contribution is 2.29. The van der Waals surface area contributed by atoms with E-state index in [-0.39, 0.29) is 5.92 Å². The molecule has 1 aromatic heterocycles. The fraction of sp³-hybridized carbons (Fsp3) is 0.214. The predicted molar refractivity (Wildman–Crippen MR) is 66.0 cm³/mol. The molecule has 3 rings (SSSR count). The third-order valence-corrected chi connectivity index (χ3v) is 4.05. The molecule has 0 aliphatic heterocycles. The van der Waals surface area contributed by atoms with Crippen LogP contribution in [0.3, 0.4) is 0 Å². The first-order chi connectivity index (χ1) is 7.84. The number of hydrogen-bond donors (Lipinski definition) is 0. The van der Waals surface area contributed by atoms with Gasteiger partial charge in [-0.05, 0) is 29.9 Å². The molecule has 1 nitrogen and oxygen atoms in total. The van der Waals surface area contributed by atoms with Gasteiger partial charge in [0.25, 0.3) is 0 Å². The average molecular weight is 228 g/mol. The van der Waals surface area contributed by atoms with Crippen LogP contribution in [0.25, 0.3) is 0 Å². The van der Waals surface area contributed by atoms with Crippen LogP contribution in [0.4, 0.5) is 0 Å². The van der Waals surface area contributed by atoms with Crippen molar-refractivity contribution in [3.05, 3.63) is 57.8 Å². The predicted octanol–water partition coefficient (Wildman–Crippen LogP) is 3.35. The standard InChI is InChI=1S/C14H12OS/c15-14-11(9-12-5-3-7-16-12)8-10-4-1-2-6-13(10)14/h1-7,11H,8-9H2. The van der Waals surface area contributed by atoms with Gasteiger partial charge in [0.1, 0.15) is 0 Å². The molecule has 1 aromatic carbocycles. The molecular formula is C14H12OS. The highest BCUT2D eigenvalue weighted by molar-refractivity contribution is 7.09. The van der Waals surface area contributed by atoms with Crippen LogP contribution in [0.15, 0.2) is 41.8 Å². The van der Waals surface area contributed by atoms with Gasteiger partial charge in [-0.15, -0.1) is 11.3 Å². The summed E-state index contributed by atoms with van der Waals surface area (Å²) in [6.45, 7) is 0. The zero-order valence-electron chi connectivity index (χ0n) is 8.85. The van der Waals surface area contributed by atoms with Gasteiger partial charge in [0.2, 0.25) is 0 Å². The van der Waals surface area contributed by atoms with Crippen LogP contribution in [0.5, 0.6) is 0 Å². The van der Waals surface area contributed by atoms with Crippen molar-refractivity contribution in [1.82, 2.24) is 0 Å². The lowest BCUT2D eigenvalue weighted by molar-refractivity contribution is 0.0937. The molecule has 16 heavy (non-hydrogen) atoms. The summed E-state index contributed by atoms with van der Waals surface area (Å²) in [5.74, 6) is 0.486. The van der Waals surface area contributed by atoms with Crippen molar-refractivity contribution in [2.75, 3.05) is 0 Å². The Kier molecular flexibility index (Phi) is 2.37. The molecule has 1 aliphatic rings. The molecule has 1 atom stereocenters. The van der Waals surface area contributed by atoms with Crippen LogP contribution in [-0.4, -0.2) is 5.78 Å². The number of fused-ring (bicyclic) bond motifs is 1. The largest absolute Gasteiger partial charge is 0.294 e. The Morgan fingerprint density at radius 3 is 2.81 bits per heavy atom. The van der Waals surface area contributed by atoms with Crippen molar-refractivity contribution >= 4 is 17.1 Å². The van der Waals surface area contributed by atoms with Crippen LogP contribution in [0, 0.1) is 5.92 Å². The molecule has 2 heteroatoms. The van der Waals surface area contributed by atoms with Crippen LogP contribution in [-0.2, 0) is 12.8 Å². The summed E-state index contributed by atoms with van der Waals surface area (Å²) in [5.41, 5.74) is 2.15. The van der Waals surface area contributed by atoms with Crippen molar-refractivity contribution in [2.24, 2.45) is 5.92 Å². The maximum absolute atomic E-state index is 12.1. The molecule has 2 aromatic rings. The molecule has 1 aliphatic carbocycles. The Morgan fingerprint density at radius 1 is 1.19 bits per heavy atom. The summed E-state index contributed by atoms with van der Waals surface area (Å²) in [4.78, 5) is 13.4. The first kappa shape index (κ1) is 9.79. The van der Waals surface area contributed by atoms with E-state index < -0.39 is 0 Å². The second-order valence-electron chi connectivity index (χ2n) is 4.21. The van der Waals surface area contributed by atoms with Gasteiger partial charge < -0.3 is 0 Å². The number of Topliss-reactive ketones (excluding diaryl/α,β-unsaturated/α-hetero) is 1. The number of carbonyl (C=O) groups is 1. The Hall–Kier alpha value is -1.41. The molecule has 0 N–H and O–H groups in total. The van der Waals surface area contributed by atoms with E-state index in [1.807, 2.05) is 24.3 Å². The normalized spacial score (nSPS) is 18.8. The minimum absolute atomic E-state index is 0.163. The lowest BCUT2D eigenvalue weighted by Crippen LogP contribution is -2.11. The maximum atomic E-state index is 12.1. The Bertz CT molecular complexity index is 511. The van der Waals surface area contributed by atoms with Crippen molar-refractivity contribution < 1.29 is 4.79 Å². The van der Waals surface area contributed by atoms with E-state index in [2.05, 4.69) is 17.5 Å². The summed E-state index contributed by atoms with van der Waals surface area (Å²) >= 11 is 1.74. The Balaban J connectivity index is 1.85. The number of thiophene rings is 1. The fourth-order valence-electron chi connectivity index (χ4n) is 2.35. The molecule has 0 spiro atoms. The van der Waals surface area contributed by atoms with E-state index in [1.54, 1.807) is 11.3 Å². The molecule has 0 radical (unpaired) electrons. The Labute approximate surface area is 98.7 Å². The second kappa shape index (κ2) is 3.87. The summed E-state index contributed by atoms with van der Waals surface area (Å²) in [6, 6.07) is 12.1. The van der Waals surface area contributed by atoms with Crippen molar-refractivity contribution in [3.8, 4) is 0 Å². The van der Waals surface area contributed by atoms with Crippen molar-refractivity contribution in [3.63, 3.8) is 0 Å². The number of hydrogen-bond acceptors (Lipinski definition) is 2. The topological polar surface area (TPSA) is 17.1 Å². The lowest BCUT2D eigenvalue weighted by atomic mass is 10.0. The van der Waals surface area contributed by atoms with Gasteiger partial charge in [0.15, 0.2) is 5.78 Å². The van der Waals surface area contributed by atoms with E-state index in [0.29, 0.717) is 5.78 Å². The molecule has 0 saturated heterocycles. The van der Waals surface area contributed by atoms with Gasteiger partial charge in [0, 0.05) is 16.4 Å². The van der Waals surface area contributed by atoms with E-state index >= 15 is 0 Å². The van der Waals surface area contributed by atoms with Crippen LogP contribution < -0.4 is 0 Å². The van der Waals surface area contributed by atoms with E-state index in [0.717, 1.165) is 18.4 Å². The average Bonchev–Trinajstić information content (AvgIpc) is 2.90. The summed E-state index contributed by atoms with van der Waals surface area (Å²) in [7, 11) is 0. The van der Waals surface area contributed by atoms with Gasteiger partial charge in [-0.3, -0.25) is 4.79 Å². The van der Waals surface area contributed by atoms with E-state index in [4.69, 9.17) is 0 Å². The highest BCUT2D eigenvalue weighted by Gasteiger charge is 2.29. The van der Waals surface area contributed by atoms with Gasteiger partial charge in [-0.2, -0.15) is 0 Å². The Morgan fingerprint density at radius 2 is 2.06 bits per heavy atom. The zero-order chi connectivity index (χ0) is 11.0.